The fourth-order valence-corrected chi connectivity index (χ4v) is 7.22. The Kier molecular flexibility index (Phi) is 9.57. The third kappa shape index (κ3) is 7.15. The fraction of sp³-hybridized carbons (Fsp3) is 0.0196. The third-order valence-corrected chi connectivity index (χ3v) is 9.87. The fourth-order valence-electron chi connectivity index (χ4n) is 7.22. The Hall–Kier alpha value is -7.70. The van der Waals surface area contributed by atoms with Crippen molar-refractivity contribution in [2.45, 2.75) is 0 Å². The van der Waals surface area contributed by atoms with E-state index < -0.39 is 11.9 Å². The first-order chi connectivity index (χ1) is 28.1. The molecule has 0 aliphatic carbocycles. The van der Waals surface area contributed by atoms with Crippen LogP contribution in [0.3, 0.4) is 0 Å². The van der Waals surface area contributed by atoms with Crippen LogP contribution in [0.2, 0.25) is 0 Å². The highest BCUT2D eigenvalue weighted by molar-refractivity contribution is 6.13. The summed E-state index contributed by atoms with van der Waals surface area (Å²) < 4.78 is 24.5. The van der Waals surface area contributed by atoms with Crippen molar-refractivity contribution in [2.24, 2.45) is 0 Å². The zero-order valence-corrected chi connectivity index (χ0v) is 30.6. The molecule has 0 N–H and O–H groups in total. The summed E-state index contributed by atoms with van der Waals surface area (Å²) in [5.41, 5.74) is 5.73. The number of carbonyl (C=O) groups excluding carboxylic acids is 2. The summed E-state index contributed by atoms with van der Waals surface area (Å²) in [5, 5.41) is 4.03. The highest BCUT2D eigenvalue weighted by atomic mass is 16.7. The molecule has 0 fully saturated rings. The van der Waals surface area contributed by atoms with Crippen molar-refractivity contribution < 1.29 is 28.5 Å². The van der Waals surface area contributed by atoms with Crippen molar-refractivity contribution in [3.8, 4) is 34.1 Å². The van der Waals surface area contributed by atoms with Gasteiger partial charge < -0.3 is 18.9 Å². The highest BCUT2D eigenvalue weighted by Gasteiger charge is 2.26. The van der Waals surface area contributed by atoms with Gasteiger partial charge in [0.15, 0.2) is 0 Å². The first-order valence-electron chi connectivity index (χ1n) is 18.6. The summed E-state index contributed by atoms with van der Waals surface area (Å²) in [5.74, 6) is 1.38. The topological polar surface area (TPSA) is 71.1 Å². The van der Waals surface area contributed by atoms with Crippen molar-refractivity contribution in [1.29, 1.82) is 0 Å². The van der Waals surface area contributed by atoms with E-state index in [9.17, 15) is 9.59 Å². The van der Waals surface area contributed by atoms with Gasteiger partial charge in [-0.15, -0.1) is 0 Å². The molecule has 6 heteroatoms. The quantitative estimate of drug-likeness (QED) is 0.0877. The van der Waals surface area contributed by atoms with E-state index >= 15 is 0 Å². The molecule has 1 aliphatic heterocycles. The minimum atomic E-state index is -0.444. The maximum Gasteiger partial charge on any atom is 0.344 e. The van der Waals surface area contributed by atoms with Crippen LogP contribution >= 0.6 is 0 Å². The van der Waals surface area contributed by atoms with E-state index in [-0.39, 0.29) is 6.79 Å². The van der Waals surface area contributed by atoms with E-state index in [0.717, 1.165) is 43.8 Å². The van der Waals surface area contributed by atoms with Gasteiger partial charge in [-0.2, -0.15) is 0 Å². The Morgan fingerprint density at radius 1 is 0.421 bits per heavy atom. The SMILES string of the molecule is O=C(Oc1ccccc1)c1ccccc1/C=C\c1cc2ccccc2c2c1OCOc1c(/C=C\c3ccccc3C(=O)Oc3ccccc3)cc3ccccc3c1-2. The van der Waals surface area contributed by atoms with Crippen LogP contribution in [-0.2, 0) is 0 Å². The van der Waals surface area contributed by atoms with Crippen molar-refractivity contribution >= 4 is 57.8 Å². The van der Waals surface area contributed by atoms with Gasteiger partial charge in [-0.25, -0.2) is 9.59 Å². The molecule has 57 heavy (non-hydrogen) atoms. The Morgan fingerprint density at radius 3 is 1.25 bits per heavy atom. The van der Waals surface area contributed by atoms with Crippen LogP contribution in [0.4, 0.5) is 0 Å². The lowest BCUT2D eigenvalue weighted by molar-refractivity contribution is 0.0725. The van der Waals surface area contributed by atoms with Gasteiger partial charge in [0.25, 0.3) is 0 Å². The van der Waals surface area contributed by atoms with Crippen LogP contribution in [0.15, 0.2) is 170 Å². The van der Waals surface area contributed by atoms with Gasteiger partial charge in [0.1, 0.15) is 23.0 Å². The standard InChI is InChI=1S/C51H34O6/c52-50(56-40-19-3-1-4-20-40)44-25-13-7-15-34(44)27-29-38-31-36-17-9-11-23-42(36)46-47-43-24-12-10-18-37(43)32-39(49(47)55-33-54-48(38)46)30-28-35-16-8-14-26-45(35)51(53)57-41-21-5-2-6-22-41/h1-32H,33H2/b29-27-,30-28-. The summed E-state index contributed by atoms with van der Waals surface area (Å²) in [7, 11) is 0. The Balaban J connectivity index is 1.16. The van der Waals surface area contributed by atoms with Crippen molar-refractivity contribution in [3.05, 3.63) is 203 Å². The average Bonchev–Trinajstić information content (AvgIpc) is 3.47. The lowest BCUT2D eigenvalue weighted by atomic mass is 9.88. The van der Waals surface area contributed by atoms with E-state index in [2.05, 4.69) is 36.4 Å². The predicted molar refractivity (Wildman–Crippen MR) is 227 cm³/mol. The van der Waals surface area contributed by atoms with Crippen LogP contribution in [0.25, 0.3) is 57.0 Å². The molecule has 6 nitrogen and oxygen atoms in total. The molecule has 0 bridgehead atoms. The molecule has 0 unspecified atom stereocenters. The van der Waals surface area contributed by atoms with Gasteiger partial charge in [-0.1, -0.05) is 146 Å². The maximum atomic E-state index is 13.3. The third-order valence-electron chi connectivity index (χ3n) is 9.87. The first-order valence-corrected chi connectivity index (χ1v) is 18.6. The number of benzene rings is 8. The monoisotopic (exact) mass is 742 g/mol. The predicted octanol–water partition coefficient (Wildman–Crippen LogP) is 12.2. The Morgan fingerprint density at radius 2 is 0.789 bits per heavy atom. The molecule has 0 amide bonds. The van der Waals surface area contributed by atoms with Crippen LogP contribution in [-0.4, -0.2) is 18.7 Å². The molecule has 8 aromatic rings. The molecule has 0 saturated heterocycles. The van der Waals surface area contributed by atoms with E-state index in [4.69, 9.17) is 18.9 Å². The number of carbonyl (C=O) groups is 2. The first kappa shape index (κ1) is 35.0. The summed E-state index contributed by atoms with van der Waals surface area (Å²) >= 11 is 0. The van der Waals surface area contributed by atoms with Gasteiger partial charge >= 0.3 is 11.9 Å². The number of hydrogen-bond acceptors (Lipinski definition) is 6. The number of fused-ring (bicyclic) bond motifs is 7. The molecule has 0 radical (unpaired) electrons. The van der Waals surface area contributed by atoms with Gasteiger partial charge in [0.2, 0.25) is 6.79 Å². The highest BCUT2D eigenvalue weighted by Crippen LogP contribution is 2.50. The average molecular weight is 743 g/mol. The minimum absolute atomic E-state index is 0.0433. The van der Waals surface area contributed by atoms with Crippen LogP contribution in [0.1, 0.15) is 43.0 Å². The summed E-state index contributed by atoms with van der Waals surface area (Å²) in [6.07, 6.45) is 7.78. The van der Waals surface area contributed by atoms with Crippen LogP contribution in [0.5, 0.6) is 23.0 Å². The van der Waals surface area contributed by atoms with Gasteiger partial charge in [-0.05, 0) is 81.2 Å². The van der Waals surface area contributed by atoms with E-state index in [1.165, 1.54) is 0 Å². The van der Waals surface area contributed by atoms with Gasteiger partial charge in [-0.3, -0.25) is 0 Å². The second-order valence-electron chi connectivity index (χ2n) is 13.4. The van der Waals surface area contributed by atoms with Crippen molar-refractivity contribution in [3.63, 3.8) is 0 Å². The molecule has 1 heterocycles. The molecule has 0 atom stereocenters. The zero-order valence-electron chi connectivity index (χ0n) is 30.6. The molecule has 274 valence electrons. The largest absolute Gasteiger partial charge is 0.456 e. The maximum absolute atomic E-state index is 13.3. The molecular formula is C51H34O6. The number of rotatable bonds is 8. The van der Waals surface area contributed by atoms with E-state index in [1.807, 2.05) is 121 Å². The minimum Gasteiger partial charge on any atom is -0.456 e. The lowest BCUT2D eigenvalue weighted by Gasteiger charge is -2.17. The molecule has 9 rings (SSSR count). The van der Waals surface area contributed by atoms with E-state index in [1.54, 1.807) is 36.4 Å². The number of esters is 2. The van der Waals surface area contributed by atoms with Crippen LogP contribution < -0.4 is 18.9 Å². The Labute approximate surface area is 329 Å². The van der Waals surface area contributed by atoms with Crippen molar-refractivity contribution in [2.75, 3.05) is 6.79 Å². The molecule has 0 saturated carbocycles. The molecule has 1 aliphatic rings. The van der Waals surface area contributed by atoms with E-state index in [0.29, 0.717) is 45.3 Å². The number of ether oxygens (including phenoxy) is 4. The van der Waals surface area contributed by atoms with Gasteiger partial charge in [0, 0.05) is 22.3 Å². The smallest absolute Gasteiger partial charge is 0.344 e. The number of hydrogen-bond donors (Lipinski definition) is 0. The van der Waals surface area contributed by atoms with Crippen LogP contribution in [0, 0.1) is 0 Å². The molecule has 0 spiro atoms. The summed E-state index contributed by atoms with van der Waals surface area (Å²) in [6, 6.07) is 53.5. The normalized spacial score (nSPS) is 12.1. The molecule has 0 aromatic heterocycles. The second-order valence-corrected chi connectivity index (χ2v) is 13.4. The Bertz CT molecular complexity index is 2660. The summed E-state index contributed by atoms with van der Waals surface area (Å²) in [6.45, 7) is -0.0433. The molecule has 8 aromatic carbocycles. The number of para-hydroxylation sites is 2. The lowest BCUT2D eigenvalue weighted by Crippen LogP contribution is -2.10. The summed E-state index contributed by atoms with van der Waals surface area (Å²) in [4.78, 5) is 26.7. The zero-order chi connectivity index (χ0) is 38.6. The van der Waals surface area contributed by atoms with Crippen molar-refractivity contribution in [1.82, 2.24) is 0 Å². The molecular weight excluding hydrogens is 709 g/mol. The van der Waals surface area contributed by atoms with Gasteiger partial charge in [0.05, 0.1) is 11.1 Å². The second kappa shape index (κ2) is 15.6.